The third kappa shape index (κ3) is 2.37. The molecular formula is C15H13ClN4O2. The van der Waals surface area contributed by atoms with Crippen LogP contribution < -0.4 is 4.90 Å². The number of hydrogen-bond acceptors (Lipinski definition) is 4. The number of nitrogens with one attached hydrogen (secondary N) is 1. The van der Waals surface area contributed by atoms with Crippen LogP contribution in [0, 0.1) is 0 Å². The average molecular weight is 317 g/mol. The number of anilines is 1. The van der Waals surface area contributed by atoms with Gasteiger partial charge >= 0.3 is 5.97 Å². The van der Waals surface area contributed by atoms with Crippen molar-refractivity contribution >= 4 is 34.4 Å². The molecule has 0 saturated heterocycles. The first-order valence-electron chi connectivity index (χ1n) is 6.51. The Hall–Kier alpha value is -2.60. The van der Waals surface area contributed by atoms with Gasteiger partial charge in [-0.1, -0.05) is 11.6 Å². The number of rotatable bonds is 3. The predicted octanol–water partition coefficient (Wildman–Crippen LogP) is 3.04. The van der Waals surface area contributed by atoms with Crippen molar-refractivity contribution in [3.63, 3.8) is 0 Å². The van der Waals surface area contributed by atoms with E-state index in [-0.39, 0.29) is 5.56 Å². The SMILES string of the molecule is CN(C)c1ncc(-c2cc3c(C(=O)O)c[nH]c3cc2Cl)cn1. The van der Waals surface area contributed by atoms with E-state index in [9.17, 15) is 9.90 Å². The molecule has 2 N–H and O–H groups in total. The summed E-state index contributed by atoms with van der Waals surface area (Å²) in [6.07, 6.45) is 4.80. The van der Waals surface area contributed by atoms with Gasteiger partial charge in [-0.05, 0) is 12.1 Å². The fourth-order valence-electron chi connectivity index (χ4n) is 2.23. The van der Waals surface area contributed by atoms with Gasteiger partial charge in [-0.2, -0.15) is 0 Å². The molecule has 0 spiro atoms. The Morgan fingerprint density at radius 2 is 1.95 bits per heavy atom. The molecule has 2 heterocycles. The highest BCUT2D eigenvalue weighted by atomic mass is 35.5. The molecule has 0 radical (unpaired) electrons. The molecule has 6 nitrogen and oxygen atoms in total. The molecule has 0 fully saturated rings. The summed E-state index contributed by atoms with van der Waals surface area (Å²) in [7, 11) is 3.71. The molecule has 0 bridgehead atoms. The van der Waals surface area contributed by atoms with Gasteiger partial charge in [0.2, 0.25) is 5.95 Å². The first kappa shape index (κ1) is 14.3. The highest BCUT2D eigenvalue weighted by Gasteiger charge is 2.14. The number of hydrogen-bond donors (Lipinski definition) is 2. The maximum absolute atomic E-state index is 11.2. The lowest BCUT2D eigenvalue weighted by atomic mass is 10.0. The van der Waals surface area contributed by atoms with Crippen LogP contribution in [0.25, 0.3) is 22.0 Å². The molecular weight excluding hydrogens is 304 g/mol. The fraction of sp³-hybridized carbons (Fsp3) is 0.133. The topological polar surface area (TPSA) is 82.1 Å². The molecule has 0 aliphatic heterocycles. The standard InChI is InChI=1S/C15H13ClN4O2/c1-20(2)15-18-5-8(6-19-15)9-3-10-11(14(21)22)7-17-13(10)4-12(9)16/h3-7,17H,1-2H3,(H,21,22). The lowest BCUT2D eigenvalue weighted by Crippen LogP contribution is -2.12. The van der Waals surface area contributed by atoms with E-state index < -0.39 is 5.97 Å². The number of fused-ring (bicyclic) bond motifs is 1. The zero-order chi connectivity index (χ0) is 15.9. The Morgan fingerprint density at radius 3 is 2.55 bits per heavy atom. The normalized spacial score (nSPS) is 10.9. The summed E-state index contributed by atoms with van der Waals surface area (Å²) >= 11 is 6.30. The molecule has 0 aliphatic carbocycles. The van der Waals surface area contributed by atoms with Crippen molar-refractivity contribution in [1.82, 2.24) is 15.0 Å². The first-order valence-corrected chi connectivity index (χ1v) is 6.89. The second-order valence-corrected chi connectivity index (χ2v) is 5.46. The monoisotopic (exact) mass is 316 g/mol. The molecule has 2 aromatic heterocycles. The number of aromatic amines is 1. The molecule has 0 saturated carbocycles. The molecule has 0 atom stereocenters. The van der Waals surface area contributed by atoms with E-state index in [1.165, 1.54) is 6.20 Å². The smallest absolute Gasteiger partial charge is 0.337 e. The second kappa shape index (κ2) is 5.31. The summed E-state index contributed by atoms with van der Waals surface area (Å²) in [6.45, 7) is 0. The minimum absolute atomic E-state index is 0.207. The average Bonchev–Trinajstić information content (AvgIpc) is 2.89. The van der Waals surface area contributed by atoms with Crippen molar-refractivity contribution in [2.75, 3.05) is 19.0 Å². The summed E-state index contributed by atoms with van der Waals surface area (Å²) in [4.78, 5) is 24.5. The Balaban J connectivity index is 2.15. The Morgan fingerprint density at radius 1 is 1.27 bits per heavy atom. The third-order valence-electron chi connectivity index (χ3n) is 3.35. The van der Waals surface area contributed by atoms with Crippen LogP contribution in [0.1, 0.15) is 10.4 Å². The molecule has 0 amide bonds. The van der Waals surface area contributed by atoms with Crippen LogP contribution in [0.2, 0.25) is 5.02 Å². The van der Waals surface area contributed by atoms with Gasteiger partial charge in [0, 0.05) is 54.7 Å². The van der Waals surface area contributed by atoms with Gasteiger partial charge in [0.05, 0.1) is 10.6 Å². The van der Waals surface area contributed by atoms with Crippen LogP contribution in [0.4, 0.5) is 5.95 Å². The Labute approximate surface area is 131 Å². The van der Waals surface area contributed by atoms with E-state index in [1.54, 1.807) is 29.4 Å². The number of nitrogens with zero attached hydrogens (tertiary/aromatic N) is 3. The van der Waals surface area contributed by atoms with Crippen LogP contribution in [-0.2, 0) is 0 Å². The molecule has 22 heavy (non-hydrogen) atoms. The van der Waals surface area contributed by atoms with Gasteiger partial charge in [-0.15, -0.1) is 0 Å². The summed E-state index contributed by atoms with van der Waals surface area (Å²) in [5.41, 5.74) is 2.31. The van der Waals surface area contributed by atoms with E-state index in [1.807, 2.05) is 14.1 Å². The molecule has 0 aliphatic rings. The van der Waals surface area contributed by atoms with Gasteiger partial charge in [-0.25, -0.2) is 14.8 Å². The Bertz CT molecular complexity index is 856. The molecule has 7 heteroatoms. The maximum atomic E-state index is 11.2. The largest absolute Gasteiger partial charge is 0.478 e. The number of carbonyl (C=O) groups is 1. The molecule has 3 aromatic rings. The number of benzene rings is 1. The van der Waals surface area contributed by atoms with Crippen molar-refractivity contribution in [1.29, 1.82) is 0 Å². The zero-order valence-corrected chi connectivity index (χ0v) is 12.7. The molecule has 3 rings (SSSR count). The summed E-state index contributed by atoms with van der Waals surface area (Å²) in [5, 5.41) is 10.3. The van der Waals surface area contributed by atoms with E-state index in [4.69, 9.17) is 11.6 Å². The van der Waals surface area contributed by atoms with Gasteiger partial charge < -0.3 is 15.0 Å². The van der Waals surface area contributed by atoms with Crippen molar-refractivity contribution in [3.8, 4) is 11.1 Å². The van der Waals surface area contributed by atoms with E-state index in [0.717, 1.165) is 5.56 Å². The van der Waals surface area contributed by atoms with Gasteiger partial charge in [0.25, 0.3) is 0 Å². The lowest BCUT2D eigenvalue weighted by Gasteiger charge is -2.10. The van der Waals surface area contributed by atoms with Crippen molar-refractivity contribution in [2.45, 2.75) is 0 Å². The van der Waals surface area contributed by atoms with E-state index in [0.29, 0.717) is 27.4 Å². The highest BCUT2D eigenvalue weighted by molar-refractivity contribution is 6.34. The molecule has 1 aromatic carbocycles. The van der Waals surface area contributed by atoms with Crippen molar-refractivity contribution < 1.29 is 9.90 Å². The zero-order valence-electron chi connectivity index (χ0n) is 12.0. The lowest BCUT2D eigenvalue weighted by molar-refractivity contribution is 0.0699. The summed E-state index contributed by atoms with van der Waals surface area (Å²) in [6, 6.07) is 3.45. The van der Waals surface area contributed by atoms with Gasteiger partial charge in [-0.3, -0.25) is 0 Å². The van der Waals surface area contributed by atoms with Gasteiger partial charge in [0.1, 0.15) is 0 Å². The van der Waals surface area contributed by atoms with Crippen molar-refractivity contribution in [3.05, 3.63) is 41.3 Å². The maximum Gasteiger partial charge on any atom is 0.337 e. The number of carboxylic acid groups (broad SMARTS) is 1. The van der Waals surface area contributed by atoms with Gasteiger partial charge in [0.15, 0.2) is 0 Å². The first-order chi connectivity index (χ1) is 10.5. The quantitative estimate of drug-likeness (QED) is 0.776. The van der Waals surface area contributed by atoms with E-state index >= 15 is 0 Å². The minimum atomic E-state index is -0.987. The van der Waals surface area contributed by atoms with Crippen LogP contribution in [0.5, 0.6) is 0 Å². The third-order valence-corrected chi connectivity index (χ3v) is 3.66. The summed E-state index contributed by atoms with van der Waals surface area (Å²) < 4.78 is 0. The van der Waals surface area contributed by atoms with E-state index in [2.05, 4.69) is 15.0 Å². The highest BCUT2D eigenvalue weighted by Crippen LogP contribution is 2.33. The minimum Gasteiger partial charge on any atom is -0.478 e. The van der Waals surface area contributed by atoms with Crippen LogP contribution in [0.15, 0.2) is 30.7 Å². The number of halogens is 1. The summed E-state index contributed by atoms with van der Waals surface area (Å²) in [5.74, 6) is -0.396. The van der Waals surface area contributed by atoms with Crippen LogP contribution in [0.3, 0.4) is 0 Å². The number of aromatic nitrogens is 3. The number of aromatic carboxylic acids is 1. The number of H-pyrrole nitrogens is 1. The number of carboxylic acids is 1. The van der Waals surface area contributed by atoms with Crippen molar-refractivity contribution in [2.24, 2.45) is 0 Å². The predicted molar refractivity (Wildman–Crippen MR) is 85.6 cm³/mol. The fourth-order valence-corrected chi connectivity index (χ4v) is 2.51. The Kier molecular flexibility index (Phi) is 3.46. The second-order valence-electron chi connectivity index (χ2n) is 5.05. The molecule has 112 valence electrons. The molecule has 0 unspecified atom stereocenters. The van der Waals surface area contributed by atoms with Crippen LogP contribution >= 0.6 is 11.6 Å². The van der Waals surface area contributed by atoms with Crippen LogP contribution in [-0.4, -0.2) is 40.1 Å².